The van der Waals surface area contributed by atoms with E-state index in [2.05, 4.69) is 15.5 Å². The molecule has 0 bridgehead atoms. The second-order valence-corrected chi connectivity index (χ2v) is 13.3. The Morgan fingerprint density at radius 3 is 2.33 bits per heavy atom. The number of carbonyl (C=O) groups is 3. The summed E-state index contributed by atoms with van der Waals surface area (Å²) in [6.45, 7) is 5.14. The molecule has 0 saturated carbocycles. The van der Waals surface area contributed by atoms with Gasteiger partial charge in [0.1, 0.15) is 6.10 Å². The number of halogens is 2. The maximum absolute atomic E-state index is 13.8. The quantitative estimate of drug-likeness (QED) is 0.112. The Morgan fingerprint density at radius 2 is 1.67 bits per heavy atom. The maximum Gasteiger partial charge on any atom is 0.258 e. The molecule has 0 spiro atoms. The van der Waals surface area contributed by atoms with Crippen molar-refractivity contribution in [2.45, 2.75) is 64.6 Å². The van der Waals surface area contributed by atoms with Crippen LogP contribution in [0.4, 0.5) is 17.1 Å². The Morgan fingerprint density at radius 1 is 1.00 bits per heavy atom. The van der Waals surface area contributed by atoms with Crippen LogP contribution in [0, 0.1) is 5.92 Å². The van der Waals surface area contributed by atoms with E-state index in [1.807, 2.05) is 39.1 Å². The highest BCUT2D eigenvalue weighted by molar-refractivity contribution is 6.42. The first kappa shape index (κ1) is 37.0. The summed E-state index contributed by atoms with van der Waals surface area (Å²) in [5.74, 6) is -0.412. The smallest absolute Gasteiger partial charge is 0.258 e. The van der Waals surface area contributed by atoms with Crippen LogP contribution in [0.25, 0.3) is 0 Å². The lowest BCUT2D eigenvalue weighted by Gasteiger charge is -2.38. The lowest BCUT2D eigenvalue weighted by Crippen LogP contribution is -2.49. The molecule has 1 heterocycles. The van der Waals surface area contributed by atoms with E-state index in [1.54, 1.807) is 47.4 Å². The zero-order chi connectivity index (χ0) is 34.8. The van der Waals surface area contributed by atoms with Gasteiger partial charge in [0, 0.05) is 38.4 Å². The number of benzene rings is 3. The molecule has 0 aromatic heterocycles. The fraction of sp³-hybridized carbons (Fsp3) is 0.417. The summed E-state index contributed by atoms with van der Waals surface area (Å²) in [5.41, 5.74) is 8.72. The predicted molar refractivity (Wildman–Crippen MR) is 192 cm³/mol. The van der Waals surface area contributed by atoms with Crippen LogP contribution in [0.5, 0.6) is 5.75 Å². The van der Waals surface area contributed by atoms with Gasteiger partial charge in [-0.1, -0.05) is 60.8 Å². The lowest BCUT2D eigenvalue weighted by atomic mass is 9.98. The minimum absolute atomic E-state index is 0.105. The van der Waals surface area contributed by atoms with E-state index in [0.717, 1.165) is 5.56 Å². The van der Waals surface area contributed by atoms with Crippen molar-refractivity contribution in [3.05, 3.63) is 81.8 Å². The largest absolute Gasteiger partial charge is 0.486 e. The minimum Gasteiger partial charge on any atom is -0.486 e. The van der Waals surface area contributed by atoms with Gasteiger partial charge in [0.25, 0.3) is 5.91 Å². The van der Waals surface area contributed by atoms with Crippen molar-refractivity contribution in [3.63, 3.8) is 0 Å². The molecule has 0 radical (unpaired) electrons. The molecule has 5 N–H and O–H groups in total. The van der Waals surface area contributed by atoms with Gasteiger partial charge in [-0.15, -0.1) is 0 Å². The standard InChI is InChI=1S/C36H45Cl2N5O5/c1-23-19-43(24(2)22-44)36(47)26-10-9-13-31(35(26)48-32(23)21-42(3)20-25-16-17-27(37)28(38)18-25)41-34(46)15-6-4-5-14-33(45)40-30-12-8-7-11-29(30)39/h7-13,16-18,23-24,32,44H,4-6,14-15,19-22,39H2,1-3H3,(H,40,45)(H,41,46)/t23-,24-,32+/m0/s1. The van der Waals surface area contributed by atoms with E-state index in [9.17, 15) is 19.5 Å². The SMILES string of the molecule is C[C@H]1CN([C@@H](C)CO)C(=O)c2cccc(NC(=O)CCCCCC(=O)Nc3ccccc3N)c2O[C@@H]1CN(C)Cc1ccc(Cl)c(Cl)c1. The number of rotatable bonds is 14. The van der Waals surface area contributed by atoms with Gasteiger partial charge in [0.05, 0.1) is 45.3 Å². The molecule has 48 heavy (non-hydrogen) atoms. The number of nitrogens with one attached hydrogen (secondary N) is 2. The van der Waals surface area contributed by atoms with Crippen LogP contribution >= 0.6 is 23.2 Å². The molecule has 3 aromatic carbocycles. The first-order valence-electron chi connectivity index (χ1n) is 16.2. The van der Waals surface area contributed by atoms with Crippen LogP contribution in [-0.4, -0.2) is 71.5 Å². The molecule has 0 saturated heterocycles. The van der Waals surface area contributed by atoms with Gasteiger partial charge >= 0.3 is 0 Å². The number of likely N-dealkylation sites (N-methyl/N-ethyl adjacent to an activating group) is 1. The Hall–Kier alpha value is -3.83. The van der Waals surface area contributed by atoms with Crippen molar-refractivity contribution in [1.82, 2.24) is 9.80 Å². The molecule has 4 rings (SSSR count). The Labute approximate surface area is 292 Å². The third kappa shape index (κ3) is 10.1. The zero-order valence-corrected chi connectivity index (χ0v) is 29.2. The van der Waals surface area contributed by atoms with E-state index in [4.69, 9.17) is 33.7 Å². The van der Waals surface area contributed by atoms with Crippen LogP contribution in [0.2, 0.25) is 10.0 Å². The highest BCUT2D eigenvalue weighted by atomic mass is 35.5. The molecule has 1 aliphatic rings. The van der Waals surface area contributed by atoms with Gasteiger partial charge in [-0.3, -0.25) is 19.3 Å². The van der Waals surface area contributed by atoms with Crippen LogP contribution < -0.4 is 21.1 Å². The Kier molecular flexibility index (Phi) is 13.5. The first-order chi connectivity index (χ1) is 23.0. The average molecular weight is 699 g/mol. The summed E-state index contributed by atoms with van der Waals surface area (Å²) in [6.07, 6.45) is 2.10. The number of ether oxygens (including phenoxy) is 1. The van der Waals surface area contributed by atoms with Crippen LogP contribution in [0.15, 0.2) is 60.7 Å². The normalized spacial score (nSPS) is 16.8. The molecule has 0 fully saturated rings. The summed E-state index contributed by atoms with van der Waals surface area (Å²) in [4.78, 5) is 43.0. The van der Waals surface area contributed by atoms with Crippen LogP contribution in [-0.2, 0) is 16.1 Å². The fourth-order valence-electron chi connectivity index (χ4n) is 5.67. The number of fused-ring (bicyclic) bond motifs is 1. The van der Waals surface area contributed by atoms with E-state index in [0.29, 0.717) is 83.7 Å². The zero-order valence-electron chi connectivity index (χ0n) is 27.7. The number of nitrogens with two attached hydrogens (primary N) is 1. The molecular weight excluding hydrogens is 653 g/mol. The summed E-state index contributed by atoms with van der Waals surface area (Å²) in [7, 11) is 1.98. The molecule has 3 aromatic rings. The second-order valence-electron chi connectivity index (χ2n) is 12.5. The number of nitrogens with zero attached hydrogens (tertiary/aromatic N) is 2. The van der Waals surface area contributed by atoms with Crippen molar-refractivity contribution in [2.75, 3.05) is 43.1 Å². The highest BCUT2D eigenvalue weighted by Crippen LogP contribution is 2.35. The van der Waals surface area contributed by atoms with Gasteiger partial charge in [0.2, 0.25) is 11.8 Å². The fourth-order valence-corrected chi connectivity index (χ4v) is 5.99. The van der Waals surface area contributed by atoms with Crippen molar-refractivity contribution in [3.8, 4) is 5.75 Å². The van der Waals surface area contributed by atoms with Crippen molar-refractivity contribution in [2.24, 2.45) is 5.92 Å². The number of aliphatic hydroxyl groups excluding tert-OH is 1. The van der Waals surface area contributed by atoms with Gasteiger partial charge in [-0.25, -0.2) is 0 Å². The summed E-state index contributed by atoms with van der Waals surface area (Å²) in [6, 6.07) is 17.3. The van der Waals surface area contributed by atoms with Crippen LogP contribution in [0.1, 0.15) is 61.9 Å². The molecule has 0 unspecified atom stereocenters. The molecule has 0 aliphatic carbocycles. The highest BCUT2D eigenvalue weighted by Gasteiger charge is 2.34. The van der Waals surface area contributed by atoms with Crippen molar-refractivity contribution < 1.29 is 24.2 Å². The number of unbranched alkanes of at least 4 members (excludes halogenated alkanes) is 2. The van der Waals surface area contributed by atoms with E-state index < -0.39 is 6.04 Å². The lowest BCUT2D eigenvalue weighted by molar-refractivity contribution is -0.116. The number of nitrogen functional groups attached to an aromatic ring is 1. The van der Waals surface area contributed by atoms with Gasteiger partial charge in [-0.2, -0.15) is 0 Å². The third-order valence-corrected chi connectivity index (χ3v) is 9.17. The summed E-state index contributed by atoms with van der Waals surface area (Å²) >= 11 is 12.4. The first-order valence-corrected chi connectivity index (χ1v) is 17.0. The average Bonchev–Trinajstić information content (AvgIpc) is 3.05. The minimum atomic E-state index is -0.411. The number of para-hydroxylation sites is 3. The molecule has 3 atom stereocenters. The van der Waals surface area contributed by atoms with Crippen LogP contribution in [0.3, 0.4) is 0 Å². The molecule has 12 heteroatoms. The predicted octanol–water partition coefficient (Wildman–Crippen LogP) is 6.46. The molecular formula is C36H45Cl2N5O5. The van der Waals surface area contributed by atoms with Crippen molar-refractivity contribution >= 4 is 58.0 Å². The van der Waals surface area contributed by atoms with E-state index in [1.165, 1.54) is 0 Å². The van der Waals surface area contributed by atoms with Gasteiger partial charge in [-0.05, 0) is 68.8 Å². The number of amides is 3. The van der Waals surface area contributed by atoms with Crippen molar-refractivity contribution in [1.29, 1.82) is 0 Å². The third-order valence-electron chi connectivity index (χ3n) is 8.44. The van der Waals surface area contributed by atoms with E-state index in [-0.39, 0.29) is 42.8 Å². The van der Waals surface area contributed by atoms with Gasteiger partial charge in [0.15, 0.2) is 5.75 Å². The molecule has 10 nitrogen and oxygen atoms in total. The topological polar surface area (TPSA) is 137 Å². The number of hydrogen-bond acceptors (Lipinski definition) is 7. The summed E-state index contributed by atoms with van der Waals surface area (Å²) in [5, 5.41) is 16.7. The molecule has 258 valence electrons. The number of carbonyl (C=O) groups excluding carboxylic acids is 3. The van der Waals surface area contributed by atoms with Gasteiger partial charge < -0.3 is 31.1 Å². The molecule has 3 amide bonds. The maximum atomic E-state index is 13.8. The Bertz CT molecular complexity index is 1590. The van der Waals surface area contributed by atoms with E-state index >= 15 is 0 Å². The Balaban J connectivity index is 1.42. The summed E-state index contributed by atoms with van der Waals surface area (Å²) < 4.78 is 6.62. The number of aliphatic hydroxyl groups is 1. The molecule has 1 aliphatic heterocycles. The monoisotopic (exact) mass is 697 g/mol. The number of hydrogen-bond donors (Lipinski definition) is 4. The number of anilines is 3. The second kappa shape index (κ2) is 17.5.